The lowest BCUT2D eigenvalue weighted by Crippen LogP contribution is -1.94. The molecule has 0 fully saturated rings. The van der Waals surface area contributed by atoms with Crippen LogP contribution in [0.2, 0.25) is 0 Å². The smallest absolute Gasteiger partial charge is 0.0178 e. The molecule has 2 N–H and O–H groups in total. The van der Waals surface area contributed by atoms with Crippen LogP contribution in [0.1, 0.15) is 56.9 Å². The molecule has 0 aliphatic carbocycles. The zero-order valence-corrected chi connectivity index (χ0v) is 16.1. The van der Waals surface area contributed by atoms with E-state index in [1.54, 1.807) is 0 Å². The van der Waals surface area contributed by atoms with E-state index in [9.17, 15) is 0 Å². The average molecular weight is 314 g/mol. The van der Waals surface area contributed by atoms with Gasteiger partial charge in [-0.1, -0.05) is 99.5 Å². The second kappa shape index (κ2) is 15.1. The van der Waals surface area contributed by atoms with Gasteiger partial charge in [-0.3, -0.25) is 0 Å². The molecule has 0 saturated carbocycles. The lowest BCUT2D eigenvalue weighted by Gasteiger charge is -1.98. The lowest BCUT2D eigenvalue weighted by atomic mass is 10.1. The van der Waals surface area contributed by atoms with Gasteiger partial charge in [0.05, 0.1) is 0 Å². The minimum absolute atomic E-state index is 0.639. The van der Waals surface area contributed by atoms with Crippen LogP contribution in [0.5, 0.6) is 0 Å². The fourth-order valence-corrected chi connectivity index (χ4v) is 1.56. The molecule has 2 aromatic carbocycles. The molecule has 0 aliphatic rings. The predicted octanol–water partition coefficient (Wildman–Crippen LogP) is 6.53. The number of aryl methyl sites for hydroxylation is 2. The van der Waals surface area contributed by atoms with E-state index in [0.717, 1.165) is 5.57 Å². The number of rotatable bonds is 2. The van der Waals surface area contributed by atoms with Crippen LogP contribution in [0.25, 0.3) is 5.57 Å². The Hall–Kier alpha value is -1.86. The van der Waals surface area contributed by atoms with Crippen molar-refractivity contribution in [3.05, 3.63) is 77.4 Å². The van der Waals surface area contributed by atoms with Crippen molar-refractivity contribution in [3.8, 4) is 0 Å². The zero-order valence-electron chi connectivity index (χ0n) is 16.1. The summed E-state index contributed by atoms with van der Waals surface area (Å²) in [7, 11) is 0. The van der Waals surface area contributed by atoms with Crippen molar-refractivity contribution in [1.82, 2.24) is 0 Å². The summed E-state index contributed by atoms with van der Waals surface area (Å²) in [6.45, 7) is 18.7. The van der Waals surface area contributed by atoms with Crippen molar-refractivity contribution < 1.29 is 0 Å². The summed E-state index contributed by atoms with van der Waals surface area (Å²) in [6.07, 6.45) is 0. The molecule has 1 heteroatoms. The van der Waals surface area contributed by atoms with Crippen LogP contribution in [-0.2, 0) is 6.54 Å². The van der Waals surface area contributed by atoms with Gasteiger partial charge in [0.15, 0.2) is 0 Å². The molecule has 0 heterocycles. The highest BCUT2D eigenvalue weighted by Gasteiger charge is 1.89. The van der Waals surface area contributed by atoms with E-state index in [-0.39, 0.29) is 0 Å². The third kappa shape index (κ3) is 11.4. The highest BCUT2D eigenvalue weighted by atomic mass is 14.5. The van der Waals surface area contributed by atoms with Gasteiger partial charge in [-0.05, 0) is 31.9 Å². The van der Waals surface area contributed by atoms with Crippen LogP contribution in [0.3, 0.4) is 0 Å². The molecule has 0 radical (unpaired) electrons. The summed E-state index contributed by atoms with van der Waals surface area (Å²) in [5.41, 5.74) is 11.5. The van der Waals surface area contributed by atoms with Crippen LogP contribution >= 0.6 is 0 Å². The van der Waals surface area contributed by atoms with Gasteiger partial charge in [0, 0.05) is 6.54 Å². The van der Waals surface area contributed by atoms with Gasteiger partial charge in [0.1, 0.15) is 0 Å². The monoisotopic (exact) mass is 313 g/mol. The fraction of sp³-hybridized carbons (Fsp3) is 0.364. The molecule has 0 bridgehead atoms. The van der Waals surface area contributed by atoms with E-state index >= 15 is 0 Å². The van der Waals surface area contributed by atoms with Crippen molar-refractivity contribution in [3.63, 3.8) is 0 Å². The van der Waals surface area contributed by atoms with E-state index in [2.05, 4.69) is 69.0 Å². The molecule has 2 aromatic rings. The van der Waals surface area contributed by atoms with Gasteiger partial charge in [0.2, 0.25) is 0 Å². The third-order valence-electron chi connectivity index (χ3n) is 2.90. The largest absolute Gasteiger partial charge is 0.326 e. The van der Waals surface area contributed by atoms with Gasteiger partial charge in [-0.15, -0.1) is 0 Å². The van der Waals surface area contributed by atoms with Crippen LogP contribution in [0.15, 0.2) is 55.1 Å². The molecule has 0 aromatic heterocycles. The lowest BCUT2D eigenvalue weighted by molar-refractivity contribution is 1.07. The first-order valence-electron chi connectivity index (χ1n) is 8.51. The Morgan fingerprint density at radius 2 is 1.13 bits per heavy atom. The van der Waals surface area contributed by atoms with Crippen molar-refractivity contribution >= 4 is 5.57 Å². The summed E-state index contributed by atoms with van der Waals surface area (Å²) < 4.78 is 0. The summed E-state index contributed by atoms with van der Waals surface area (Å²) >= 11 is 0. The SMILES string of the molecule is C=C(C)c1ccc(C)cc1.CC.CC.Cc1ccc(CN)cc1. The molecule has 0 amide bonds. The van der Waals surface area contributed by atoms with Gasteiger partial charge in [-0.25, -0.2) is 0 Å². The highest BCUT2D eigenvalue weighted by Crippen LogP contribution is 2.11. The van der Waals surface area contributed by atoms with Gasteiger partial charge < -0.3 is 5.73 Å². The Morgan fingerprint density at radius 1 is 0.783 bits per heavy atom. The summed E-state index contributed by atoms with van der Waals surface area (Å²) in [5.74, 6) is 0. The molecule has 0 aliphatic heterocycles. The first-order chi connectivity index (χ1) is 11.0. The number of nitrogens with two attached hydrogens (primary N) is 1. The summed E-state index contributed by atoms with van der Waals surface area (Å²) in [5, 5.41) is 0. The normalized spacial score (nSPS) is 8.35. The molecule has 0 atom stereocenters. The standard InChI is InChI=1S/C10H12.C8H11N.2C2H6/c1-8(2)10-6-4-9(3)5-7-10;1-7-2-4-8(6-9)5-3-7;2*1-2/h4-7H,1H2,2-3H3;2-5H,6,9H2,1H3;2*1-2H3. The first kappa shape index (κ1) is 23.4. The maximum absolute atomic E-state index is 5.40. The third-order valence-corrected chi connectivity index (χ3v) is 2.90. The maximum atomic E-state index is 5.40. The molecular formula is C22H35N. The fourth-order valence-electron chi connectivity index (χ4n) is 1.56. The summed E-state index contributed by atoms with van der Waals surface area (Å²) in [6, 6.07) is 16.6. The molecule has 23 heavy (non-hydrogen) atoms. The molecule has 128 valence electrons. The highest BCUT2D eigenvalue weighted by molar-refractivity contribution is 5.61. The zero-order chi connectivity index (χ0) is 18.3. The second-order valence-corrected chi connectivity index (χ2v) is 4.84. The molecule has 0 unspecified atom stereocenters. The van der Waals surface area contributed by atoms with Crippen LogP contribution in [0, 0.1) is 13.8 Å². The Bertz CT molecular complexity index is 507. The topological polar surface area (TPSA) is 26.0 Å². The minimum Gasteiger partial charge on any atom is -0.326 e. The second-order valence-electron chi connectivity index (χ2n) is 4.84. The maximum Gasteiger partial charge on any atom is 0.0178 e. The van der Waals surface area contributed by atoms with E-state index in [4.69, 9.17) is 5.73 Å². The van der Waals surface area contributed by atoms with E-state index < -0.39 is 0 Å². The van der Waals surface area contributed by atoms with Crippen molar-refractivity contribution in [2.45, 2.75) is 55.0 Å². The van der Waals surface area contributed by atoms with Crippen molar-refractivity contribution in [1.29, 1.82) is 0 Å². The van der Waals surface area contributed by atoms with E-state index in [0.29, 0.717) is 6.54 Å². The Kier molecular flexibility index (Phi) is 15.3. The molecule has 0 saturated heterocycles. The average Bonchev–Trinajstić information content (AvgIpc) is 2.60. The van der Waals surface area contributed by atoms with E-state index in [1.807, 2.05) is 34.6 Å². The van der Waals surface area contributed by atoms with Crippen LogP contribution in [0.4, 0.5) is 0 Å². The van der Waals surface area contributed by atoms with Crippen molar-refractivity contribution in [2.75, 3.05) is 0 Å². The van der Waals surface area contributed by atoms with Gasteiger partial charge >= 0.3 is 0 Å². The molecular weight excluding hydrogens is 278 g/mol. The Morgan fingerprint density at radius 3 is 1.43 bits per heavy atom. The number of hydrogen-bond acceptors (Lipinski definition) is 1. The summed E-state index contributed by atoms with van der Waals surface area (Å²) in [4.78, 5) is 0. The number of benzene rings is 2. The van der Waals surface area contributed by atoms with Crippen molar-refractivity contribution in [2.24, 2.45) is 5.73 Å². The van der Waals surface area contributed by atoms with Crippen LogP contribution < -0.4 is 5.73 Å². The first-order valence-corrected chi connectivity index (χ1v) is 8.51. The number of hydrogen-bond donors (Lipinski definition) is 1. The Balaban J connectivity index is 0. The van der Waals surface area contributed by atoms with E-state index in [1.165, 1.54) is 22.3 Å². The van der Waals surface area contributed by atoms with Gasteiger partial charge in [0.25, 0.3) is 0 Å². The molecule has 2 rings (SSSR count). The minimum atomic E-state index is 0.639. The molecule has 0 spiro atoms. The van der Waals surface area contributed by atoms with Gasteiger partial charge in [-0.2, -0.15) is 0 Å². The molecule has 1 nitrogen and oxygen atoms in total. The van der Waals surface area contributed by atoms with Crippen LogP contribution in [-0.4, -0.2) is 0 Å². The number of allylic oxidation sites excluding steroid dienone is 1. The Labute approximate surface area is 144 Å². The quantitative estimate of drug-likeness (QED) is 0.669. The predicted molar refractivity (Wildman–Crippen MR) is 108 cm³/mol.